The summed E-state index contributed by atoms with van der Waals surface area (Å²) in [5.41, 5.74) is 2.04. The number of hydrogen-bond donors (Lipinski definition) is 1. The number of piperidine rings is 1. The van der Waals surface area contributed by atoms with Gasteiger partial charge in [-0.3, -0.25) is 4.79 Å². The molecular formula is C24H31BrN2O4S. The molecule has 2 aromatic carbocycles. The highest BCUT2D eigenvalue weighted by molar-refractivity contribution is 9.10. The molecule has 0 bridgehead atoms. The fourth-order valence-corrected chi connectivity index (χ4v) is 5.85. The number of halogens is 1. The Morgan fingerprint density at radius 3 is 2.50 bits per heavy atom. The standard InChI is InChI=1S/C24H31BrN2O4S/c1-2-4-19-7-9-23(10-8-19)31-16-13-26-24(28)21-11-14-27(15-12-21)32(29,30)18-20-5-3-6-22(25)17-20/h3,5-10,17,21H,2,4,11-16,18H2,1H3,(H,26,28). The van der Waals surface area contributed by atoms with Crippen molar-refractivity contribution < 1.29 is 17.9 Å². The summed E-state index contributed by atoms with van der Waals surface area (Å²) in [6.45, 7) is 3.72. The smallest absolute Gasteiger partial charge is 0.223 e. The highest BCUT2D eigenvalue weighted by Crippen LogP contribution is 2.23. The second kappa shape index (κ2) is 11.8. The molecule has 8 heteroatoms. The highest BCUT2D eigenvalue weighted by atomic mass is 79.9. The maximum absolute atomic E-state index is 12.7. The van der Waals surface area contributed by atoms with Gasteiger partial charge in [-0.05, 0) is 54.7 Å². The van der Waals surface area contributed by atoms with E-state index in [9.17, 15) is 13.2 Å². The van der Waals surface area contributed by atoms with Crippen molar-refractivity contribution in [2.45, 2.75) is 38.4 Å². The predicted molar refractivity (Wildman–Crippen MR) is 130 cm³/mol. The van der Waals surface area contributed by atoms with Gasteiger partial charge in [0.15, 0.2) is 0 Å². The Labute approximate surface area is 199 Å². The minimum absolute atomic E-state index is 0.0277. The number of aryl methyl sites for hydroxylation is 1. The first-order chi connectivity index (χ1) is 15.4. The third-order valence-corrected chi connectivity index (χ3v) is 7.93. The van der Waals surface area contributed by atoms with Gasteiger partial charge < -0.3 is 10.1 Å². The molecule has 3 rings (SSSR count). The first kappa shape index (κ1) is 24.7. The van der Waals surface area contributed by atoms with E-state index in [1.54, 1.807) is 0 Å². The maximum atomic E-state index is 12.7. The SMILES string of the molecule is CCCc1ccc(OCCNC(=O)C2CCN(S(=O)(=O)Cc3cccc(Br)c3)CC2)cc1. The zero-order valence-electron chi connectivity index (χ0n) is 18.4. The van der Waals surface area contributed by atoms with Crippen molar-refractivity contribution in [3.05, 3.63) is 64.1 Å². The van der Waals surface area contributed by atoms with Gasteiger partial charge in [0.25, 0.3) is 0 Å². The van der Waals surface area contributed by atoms with E-state index in [1.165, 1.54) is 9.87 Å². The monoisotopic (exact) mass is 522 g/mol. The maximum Gasteiger partial charge on any atom is 0.223 e. The van der Waals surface area contributed by atoms with Gasteiger partial charge in [-0.15, -0.1) is 0 Å². The number of ether oxygens (including phenoxy) is 1. The van der Waals surface area contributed by atoms with E-state index in [0.717, 1.165) is 28.6 Å². The van der Waals surface area contributed by atoms with Gasteiger partial charge in [0.05, 0.1) is 12.3 Å². The van der Waals surface area contributed by atoms with Crippen LogP contribution >= 0.6 is 15.9 Å². The molecule has 0 spiro atoms. The summed E-state index contributed by atoms with van der Waals surface area (Å²) in [6, 6.07) is 15.4. The molecule has 2 aromatic rings. The summed E-state index contributed by atoms with van der Waals surface area (Å²) < 4.78 is 33.5. The van der Waals surface area contributed by atoms with E-state index >= 15 is 0 Å². The van der Waals surface area contributed by atoms with E-state index in [4.69, 9.17) is 4.74 Å². The number of nitrogens with one attached hydrogen (secondary N) is 1. The number of carbonyl (C=O) groups excluding carboxylic acids is 1. The van der Waals surface area contributed by atoms with Crippen LogP contribution in [0.3, 0.4) is 0 Å². The van der Waals surface area contributed by atoms with Crippen molar-refractivity contribution in [1.82, 2.24) is 9.62 Å². The lowest BCUT2D eigenvalue weighted by molar-refractivity contribution is -0.126. The fourth-order valence-electron chi connectivity index (χ4n) is 3.85. The average Bonchev–Trinajstić information content (AvgIpc) is 2.78. The zero-order chi connectivity index (χ0) is 23.0. The molecule has 32 heavy (non-hydrogen) atoms. The molecule has 1 aliphatic heterocycles. The van der Waals surface area contributed by atoms with Gasteiger partial charge in [0.1, 0.15) is 12.4 Å². The quantitative estimate of drug-likeness (QED) is 0.475. The van der Waals surface area contributed by atoms with Gasteiger partial charge in [0, 0.05) is 23.5 Å². The minimum atomic E-state index is -3.40. The van der Waals surface area contributed by atoms with E-state index < -0.39 is 10.0 Å². The van der Waals surface area contributed by atoms with Crippen molar-refractivity contribution >= 4 is 31.9 Å². The Bertz CT molecular complexity index is 987. The number of amides is 1. The van der Waals surface area contributed by atoms with Crippen molar-refractivity contribution in [3.63, 3.8) is 0 Å². The minimum Gasteiger partial charge on any atom is -0.492 e. The van der Waals surface area contributed by atoms with Crippen LogP contribution in [0.1, 0.15) is 37.3 Å². The Hall–Kier alpha value is -1.90. The Kier molecular flexibility index (Phi) is 9.13. The number of nitrogens with zero attached hydrogens (tertiary/aromatic N) is 1. The number of benzene rings is 2. The molecule has 0 aromatic heterocycles. The molecule has 0 saturated carbocycles. The topological polar surface area (TPSA) is 75.7 Å². The molecular weight excluding hydrogens is 492 g/mol. The number of hydrogen-bond acceptors (Lipinski definition) is 4. The van der Waals surface area contributed by atoms with Crippen LogP contribution in [0.4, 0.5) is 0 Å². The summed E-state index contributed by atoms with van der Waals surface area (Å²) in [7, 11) is -3.40. The largest absolute Gasteiger partial charge is 0.492 e. The van der Waals surface area contributed by atoms with Gasteiger partial charge >= 0.3 is 0 Å². The molecule has 1 N–H and O–H groups in total. The van der Waals surface area contributed by atoms with Crippen molar-refractivity contribution in [3.8, 4) is 5.75 Å². The van der Waals surface area contributed by atoms with Crippen LogP contribution < -0.4 is 10.1 Å². The van der Waals surface area contributed by atoms with Gasteiger partial charge in [-0.1, -0.05) is 53.5 Å². The molecule has 0 radical (unpaired) electrons. The summed E-state index contributed by atoms with van der Waals surface area (Å²) >= 11 is 3.38. The van der Waals surface area contributed by atoms with Crippen molar-refractivity contribution in [2.24, 2.45) is 5.92 Å². The first-order valence-electron chi connectivity index (χ1n) is 11.1. The molecule has 6 nitrogen and oxygen atoms in total. The molecule has 1 aliphatic rings. The third kappa shape index (κ3) is 7.32. The average molecular weight is 523 g/mol. The summed E-state index contributed by atoms with van der Waals surface area (Å²) in [5.74, 6) is 0.569. The van der Waals surface area contributed by atoms with Gasteiger partial charge in [0.2, 0.25) is 15.9 Å². The molecule has 1 fully saturated rings. The summed E-state index contributed by atoms with van der Waals surface area (Å²) in [4.78, 5) is 12.5. The Morgan fingerprint density at radius 1 is 1.12 bits per heavy atom. The zero-order valence-corrected chi connectivity index (χ0v) is 20.8. The molecule has 1 amide bonds. The molecule has 1 heterocycles. The lowest BCUT2D eigenvalue weighted by Gasteiger charge is -2.30. The van der Waals surface area contributed by atoms with E-state index in [1.807, 2.05) is 36.4 Å². The van der Waals surface area contributed by atoms with Crippen LogP contribution in [0.25, 0.3) is 0 Å². The fraction of sp³-hybridized carbons (Fsp3) is 0.458. The highest BCUT2D eigenvalue weighted by Gasteiger charge is 2.31. The van der Waals surface area contributed by atoms with E-state index in [0.29, 0.717) is 39.1 Å². The summed E-state index contributed by atoms with van der Waals surface area (Å²) in [5, 5.41) is 2.92. The summed E-state index contributed by atoms with van der Waals surface area (Å²) in [6.07, 6.45) is 3.23. The third-order valence-electron chi connectivity index (χ3n) is 5.59. The van der Waals surface area contributed by atoms with Gasteiger partial charge in [-0.2, -0.15) is 0 Å². The Balaban J connectivity index is 1.38. The van der Waals surface area contributed by atoms with Gasteiger partial charge in [-0.25, -0.2) is 12.7 Å². The second-order valence-corrected chi connectivity index (χ2v) is 11.0. The van der Waals surface area contributed by atoms with Crippen LogP contribution in [0, 0.1) is 5.92 Å². The molecule has 174 valence electrons. The van der Waals surface area contributed by atoms with Crippen molar-refractivity contribution in [2.75, 3.05) is 26.2 Å². The lowest BCUT2D eigenvalue weighted by atomic mass is 9.97. The predicted octanol–water partition coefficient (Wildman–Crippen LogP) is 4.14. The second-order valence-electron chi connectivity index (χ2n) is 8.09. The van der Waals surface area contributed by atoms with Crippen LogP contribution in [-0.2, 0) is 27.0 Å². The molecule has 0 atom stereocenters. The van der Waals surface area contributed by atoms with Crippen LogP contribution in [0.5, 0.6) is 5.75 Å². The number of rotatable bonds is 10. The molecule has 1 saturated heterocycles. The first-order valence-corrected chi connectivity index (χ1v) is 13.5. The van der Waals surface area contributed by atoms with Crippen LogP contribution in [0.15, 0.2) is 53.0 Å². The van der Waals surface area contributed by atoms with Crippen molar-refractivity contribution in [1.29, 1.82) is 0 Å². The lowest BCUT2D eigenvalue weighted by Crippen LogP contribution is -2.43. The number of sulfonamides is 1. The molecule has 0 unspecified atom stereocenters. The molecule has 0 aliphatic carbocycles. The van der Waals surface area contributed by atoms with E-state index in [-0.39, 0.29) is 17.6 Å². The van der Waals surface area contributed by atoms with Crippen LogP contribution in [0.2, 0.25) is 0 Å². The van der Waals surface area contributed by atoms with E-state index in [2.05, 4.69) is 40.3 Å². The normalized spacial score (nSPS) is 15.4. The Morgan fingerprint density at radius 2 is 1.84 bits per heavy atom. The number of carbonyl (C=O) groups is 1. The van der Waals surface area contributed by atoms with Crippen LogP contribution in [-0.4, -0.2) is 44.9 Å².